The van der Waals surface area contributed by atoms with E-state index in [1.165, 1.54) is 19.2 Å². The van der Waals surface area contributed by atoms with Gasteiger partial charge in [-0.1, -0.05) is 32.4 Å². The third kappa shape index (κ3) is 6.51. The average molecular weight is 601 g/mol. The van der Waals surface area contributed by atoms with E-state index in [0.29, 0.717) is 46.4 Å². The van der Waals surface area contributed by atoms with E-state index in [1.54, 1.807) is 6.20 Å². The summed E-state index contributed by atoms with van der Waals surface area (Å²) in [6.07, 6.45) is 1.20. The van der Waals surface area contributed by atoms with Gasteiger partial charge in [-0.2, -0.15) is 23.1 Å². The van der Waals surface area contributed by atoms with Crippen molar-refractivity contribution >= 4 is 34.6 Å². The number of aromatic nitrogens is 5. The third-order valence-corrected chi connectivity index (χ3v) is 7.97. The molecule has 5 rings (SSSR count). The van der Waals surface area contributed by atoms with Crippen LogP contribution in [-0.2, 0) is 22.3 Å². The molecule has 8 nitrogen and oxygen atoms in total. The van der Waals surface area contributed by atoms with Gasteiger partial charge in [0.15, 0.2) is 17.3 Å². The lowest BCUT2D eigenvalue weighted by Gasteiger charge is -2.34. The summed E-state index contributed by atoms with van der Waals surface area (Å²) in [5.41, 5.74) is 2.44. The molecule has 3 heterocycles. The fourth-order valence-electron chi connectivity index (χ4n) is 5.19. The second-order valence-corrected chi connectivity index (χ2v) is 11.3. The number of imidazole rings is 1. The molecule has 0 bridgehead atoms. The van der Waals surface area contributed by atoms with Gasteiger partial charge in [-0.3, -0.25) is 9.78 Å². The second kappa shape index (κ2) is 12.2. The van der Waals surface area contributed by atoms with Crippen LogP contribution < -0.4 is 5.32 Å². The molecule has 0 unspecified atom stereocenters. The van der Waals surface area contributed by atoms with Crippen molar-refractivity contribution in [2.45, 2.75) is 70.6 Å². The molecule has 0 amide bonds. The summed E-state index contributed by atoms with van der Waals surface area (Å²) in [4.78, 5) is 30.3. The van der Waals surface area contributed by atoms with Gasteiger partial charge in [-0.15, -0.1) is 0 Å². The Balaban J connectivity index is 1.62. The predicted octanol–water partition coefficient (Wildman–Crippen LogP) is 7.27. The van der Waals surface area contributed by atoms with Crippen LogP contribution in [-0.4, -0.2) is 43.6 Å². The lowest BCUT2D eigenvalue weighted by atomic mass is 9.78. The summed E-state index contributed by atoms with van der Waals surface area (Å²) in [5, 5.41) is 3.52. The van der Waals surface area contributed by atoms with Gasteiger partial charge in [0.2, 0.25) is 5.28 Å². The summed E-state index contributed by atoms with van der Waals surface area (Å²) in [6, 6.07) is 8.85. The summed E-state index contributed by atoms with van der Waals surface area (Å²) in [7, 11) is 1.37. The largest absolute Gasteiger partial charge is 0.469 e. The number of carbonyl (C=O) groups excluding carboxylic acids is 1. The van der Waals surface area contributed by atoms with Crippen molar-refractivity contribution in [3.05, 3.63) is 64.6 Å². The molecule has 4 aromatic rings. The number of anilines is 1. The summed E-state index contributed by atoms with van der Waals surface area (Å²) in [5.74, 6) is 1.22. The topological polar surface area (TPSA) is 94.8 Å². The Kier molecular flexibility index (Phi) is 8.68. The first-order valence-corrected chi connectivity index (χ1v) is 14.3. The van der Waals surface area contributed by atoms with Crippen molar-refractivity contribution in [3.63, 3.8) is 0 Å². The molecule has 0 aliphatic heterocycles. The van der Waals surface area contributed by atoms with Crippen molar-refractivity contribution < 1.29 is 22.7 Å². The van der Waals surface area contributed by atoms with E-state index in [4.69, 9.17) is 21.3 Å². The molecule has 0 saturated heterocycles. The maximum Gasteiger partial charge on any atom is 0.416 e. The Morgan fingerprint density at radius 3 is 2.50 bits per heavy atom. The maximum absolute atomic E-state index is 13.3. The van der Waals surface area contributed by atoms with E-state index in [0.717, 1.165) is 37.0 Å². The molecule has 1 saturated carbocycles. The highest BCUT2D eigenvalue weighted by atomic mass is 35.5. The van der Waals surface area contributed by atoms with Crippen LogP contribution in [0.5, 0.6) is 0 Å². The molecule has 222 valence electrons. The van der Waals surface area contributed by atoms with Gasteiger partial charge in [0, 0.05) is 25.2 Å². The number of halogens is 4. The van der Waals surface area contributed by atoms with Crippen molar-refractivity contribution in [3.8, 4) is 11.5 Å². The summed E-state index contributed by atoms with van der Waals surface area (Å²) in [6.45, 7) is 4.34. The Morgan fingerprint density at radius 1 is 1.14 bits per heavy atom. The number of hydrogen-bond acceptors (Lipinski definition) is 7. The Morgan fingerprint density at radius 2 is 1.88 bits per heavy atom. The van der Waals surface area contributed by atoms with Gasteiger partial charge in [0.1, 0.15) is 11.2 Å². The Labute approximate surface area is 246 Å². The van der Waals surface area contributed by atoms with Gasteiger partial charge >= 0.3 is 12.1 Å². The van der Waals surface area contributed by atoms with Gasteiger partial charge in [-0.25, -0.2) is 4.98 Å². The molecular weight excluding hydrogens is 569 g/mol. The number of carbonyl (C=O) groups is 1. The zero-order valence-electron chi connectivity index (χ0n) is 23.6. The summed E-state index contributed by atoms with van der Waals surface area (Å²) >= 11 is 6.37. The first-order valence-electron chi connectivity index (χ1n) is 13.9. The molecular formula is C30H32ClF3N6O2. The van der Waals surface area contributed by atoms with Crippen LogP contribution in [0.3, 0.4) is 0 Å². The van der Waals surface area contributed by atoms with E-state index >= 15 is 0 Å². The highest BCUT2D eigenvalue weighted by Gasteiger charge is 2.31. The predicted molar refractivity (Wildman–Crippen MR) is 154 cm³/mol. The number of fused-ring (bicyclic) bond motifs is 1. The van der Waals surface area contributed by atoms with Crippen molar-refractivity contribution in [2.24, 2.45) is 5.92 Å². The number of ether oxygens (including phenoxy) is 1. The smallest absolute Gasteiger partial charge is 0.416 e. The molecule has 0 radical (unpaired) electrons. The molecule has 1 N–H and O–H groups in total. The van der Waals surface area contributed by atoms with E-state index in [9.17, 15) is 18.0 Å². The average Bonchev–Trinajstić information content (AvgIpc) is 3.28. The molecule has 0 spiro atoms. The van der Waals surface area contributed by atoms with Crippen molar-refractivity contribution in [1.29, 1.82) is 0 Å². The van der Waals surface area contributed by atoms with Crippen LogP contribution in [0.4, 0.5) is 19.0 Å². The SMILES string of the molecule is COC(=O)CC[C@@H](Nc1nc(Cl)nc2nc(-c3cc(C(C)C)ccn3)n(Cc3ccc(C(F)(F)F)cc3)c12)C1CCC1. The van der Waals surface area contributed by atoms with Crippen LogP contribution in [0.2, 0.25) is 5.28 Å². The Hall–Kier alpha value is -3.73. The quantitative estimate of drug-likeness (QED) is 0.151. The first kappa shape index (κ1) is 29.8. The highest BCUT2D eigenvalue weighted by molar-refractivity contribution is 6.28. The van der Waals surface area contributed by atoms with Crippen LogP contribution in [0.15, 0.2) is 42.6 Å². The number of rotatable bonds is 10. The zero-order chi connectivity index (χ0) is 30.0. The summed E-state index contributed by atoms with van der Waals surface area (Å²) < 4.78 is 46.5. The number of benzene rings is 1. The molecule has 1 aliphatic carbocycles. The minimum atomic E-state index is -4.44. The number of esters is 1. The molecule has 1 aliphatic rings. The molecule has 12 heteroatoms. The van der Waals surface area contributed by atoms with E-state index in [1.807, 2.05) is 16.7 Å². The van der Waals surface area contributed by atoms with E-state index in [-0.39, 0.29) is 36.2 Å². The Bertz CT molecular complexity index is 1570. The molecule has 3 aromatic heterocycles. The monoisotopic (exact) mass is 600 g/mol. The fourth-order valence-corrected chi connectivity index (χ4v) is 5.35. The van der Waals surface area contributed by atoms with Gasteiger partial charge in [0.25, 0.3) is 0 Å². The van der Waals surface area contributed by atoms with E-state index in [2.05, 4.69) is 34.1 Å². The van der Waals surface area contributed by atoms with Gasteiger partial charge < -0.3 is 14.6 Å². The van der Waals surface area contributed by atoms with Crippen LogP contribution in [0.1, 0.15) is 68.6 Å². The molecule has 1 atom stereocenters. The molecule has 42 heavy (non-hydrogen) atoms. The normalized spacial score (nSPS) is 14.7. The van der Waals surface area contributed by atoms with Crippen LogP contribution in [0.25, 0.3) is 22.7 Å². The zero-order valence-corrected chi connectivity index (χ0v) is 24.3. The van der Waals surface area contributed by atoms with Gasteiger partial charge in [0.05, 0.1) is 12.7 Å². The highest BCUT2D eigenvalue weighted by Crippen LogP contribution is 2.36. The number of alkyl halides is 3. The van der Waals surface area contributed by atoms with Crippen LogP contribution in [0, 0.1) is 5.92 Å². The number of pyridine rings is 1. The molecule has 1 fully saturated rings. The molecule has 1 aromatic carbocycles. The fraction of sp³-hybridized carbons (Fsp3) is 0.433. The lowest BCUT2D eigenvalue weighted by molar-refractivity contribution is -0.141. The third-order valence-electron chi connectivity index (χ3n) is 7.81. The van der Waals surface area contributed by atoms with Gasteiger partial charge in [-0.05, 0) is 78.1 Å². The first-order chi connectivity index (χ1) is 20.0. The minimum absolute atomic E-state index is 0.0000484. The second-order valence-electron chi connectivity index (χ2n) is 10.9. The van der Waals surface area contributed by atoms with Crippen LogP contribution >= 0.6 is 11.6 Å². The lowest BCUT2D eigenvalue weighted by Crippen LogP contribution is -2.34. The minimum Gasteiger partial charge on any atom is -0.469 e. The number of hydrogen-bond donors (Lipinski definition) is 1. The number of nitrogens with one attached hydrogen (secondary N) is 1. The number of methoxy groups -OCH3 is 1. The van der Waals surface area contributed by atoms with Crippen molar-refractivity contribution in [2.75, 3.05) is 12.4 Å². The van der Waals surface area contributed by atoms with Crippen molar-refractivity contribution in [1.82, 2.24) is 24.5 Å². The van der Waals surface area contributed by atoms with E-state index < -0.39 is 11.7 Å². The maximum atomic E-state index is 13.3. The standard InChI is InChI=1S/C30H32ClF3N6O2/c1-17(2)20-13-14-35-23(15-20)28-37-27-25(40(28)16-18-7-9-21(10-8-18)30(32,33)34)26(38-29(31)39-27)36-22(19-5-4-6-19)11-12-24(41)42-3/h7-10,13-15,17,19,22H,4-6,11-12,16H2,1-3H3,(H,36,38,39)/t22-/m1/s1. The number of nitrogens with zero attached hydrogens (tertiary/aromatic N) is 5.